The lowest BCUT2D eigenvalue weighted by Gasteiger charge is -2.14. The van der Waals surface area contributed by atoms with Crippen molar-refractivity contribution < 1.29 is 19.0 Å². The first-order valence-electron chi connectivity index (χ1n) is 10.1. The predicted molar refractivity (Wildman–Crippen MR) is 138 cm³/mol. The average Bonchev–Trinajstić information content (AvgIpc) is 3.10. The maximum atomic E-state index is 12.9. The molecule has 0 N–H and O–H groups in total. The van der Waals surface area contributed by atoms with Gasteiger partial charge in [-0.1, -0.05) is 59.8 Å². The van der Waals surface area contributed by atoms with E-state index in [9.17, 15) is 4.79 Å². The number of anilines is 1. The molecule has 168 valence electrons. The summed E-state index contributed by atoms with van der Waals surface area (Å²) in [7, 11) is 1.60. The molecule has 1 amide bonds. The molecular weight excluding hydrogens is 478 g/mol. The minimum Gasteiger partial charge on any atom is -0.493 e. The summed E-state index contributed by atoms with van der Waals surface area (Å²) >= 11 is 12.6. The Morgan fingerprint density at radius 1 is 0.970 bits per heavy atom. The van der Waals surface area contributed by atoms with Crippen LogP contribution in [0.5, 0.6) is 17.2 Å². The second-order valence-corrected chi connectivity index (χ2v) is 9.03. The molecule has 1 fully saturated rings. The molecule has 3 aromatic rings. The average molecular weight is 498 g/mol. The summed E-state index contributed by atoms with van der Waals surface area (Å²) in [6.45, 7) is 0.727. The van der Waals surface area contributed by atoms with Gasteiger partial charge in [0, 0.05) is 5.02 Å². The van der Waals surface area contributed by atoms with Gasteiger partial charge in [0.05, 0.1) is 17.7 Å². The van der Waals surface area contributed by atoms with Crippen LogP contribution in [-0.4, -0.2) is 30.6 Å². The molecule has 4 rings (SSSR count). The molecule has 1 aliphatic heterocycles. The molecule has 33 heavy (non-hydrogen) atoms. The molecule has 1 saturated heterocycles. The van der Waals surface area contributed by atoms with Gasteiger partial charge in [0.1, 0.15) is 19.0 Å². The van der Waals surface area contributed by atoms with Crippen molar-refractivity contribution >= 4 is 57.6 Å². The number of thiocarbonyl (C=S) groups is 1. The molecule has 0 saturated carbocycles. The number of carbonyl (C=O) groups is 1. The Balaban J connectivity index is 1.39. The van der Waals surface area contributed by atoms with Gasteiger partial charge in [-0.05, 0) is 60.2 Å². The van der Waals surface area contributed by atoms with E-state index in [-0.39, 0.29) is 5.91 Å². The monoisotopic (exact) mass is 497 g/mol. The third kappa shape index (κ3) is 5.68. The Labute approximate surface area is 206 Å². The summed E-state index contributed by atoms with van der Waals surface area (Å²) in [5.74, 6) is 1.86. The van der Waals surface area contributed by atoms with Crippen LogP contribution in [0.1, 0.15) is 5.56 Å². The normalized spacial score (nSPS) is 14.6. The third-order valence-corrected chi connectivity index (χ3v) is 6.27. The first kappa shape index (κ1) is 23.2. The highest BCUT2D eigenvalue weighted by Gasteiger charge is 2.33. The number of carbonyl (C=O) groups excluding carboxylic acids is 1. The van der Waals surface area contributed by atoms with Gasteiger partial charge in [0.15, 0.2) is 15.8 Å². The van der Waals surface area contributed by atoms with Crippen LogP contribution < -0.4 is 19.1 Å². The molecular formula is C25H20ClNO4S2. The molecule has 0 radical (unpaired) electrons. The standard InChI is InChI=1S/C25H20ClNO4S2/c1-29-21-7-2-3-8-22(21)31-14-13-30-20-6-4-5-17(15-20)16-23-24(28)27(25(32)33-23)19-11-9-18(26)10-12-19/h2-12,15-16H,13-14H2,1H3. The maximum absolute atomic E-state index is 12.9. The van der Waals surface area contributed by atoms with Crippen molar-refractivity contribution in [2.45, 2.75) is 0 Å². The number of para-hydroxylation sites is 2. The highest BCUT2D eigenvalue weighted by molar-refractivity contribution is 8.27. The largest absolute Gasteiger partial charge is 0.493 e. The van der Waals surface area contributed by atoms with Crippen molar-refractivity contribution in [2.24, 2.45) is 0 Å². The van der Waals surface area contributed by atoms with Gasteiger partial charge >= 0.3 is 0 Å². The number of hydrogen-bond acceptors (Lipinski definition) is 6. The molecule has 0 aromatic heterocycles. The molecule has 1 heterocycles. The lowest BCUT2D eigenvalue weighted by molar-refractivity contribution is -0.113. The van der Waals surface area contributed by atoms with Crippen LogP contribution in [0.2, 0.25) is 5.02 Å². The summed E-state index contributed by atoms with van der Waals surface area (Å²) < 4.78 is 17.3. The Morgan fingerprint density at radius 3 is 2.45 bits per heavy atom. The van der Waals surface area contributed by atoms with Crippen LogP contribution in [0.15, 0.2) is 77.7 Å². The number of amides is 1. The van der Waals surface area contributed by atoms with Gasteiger partial charge in [0.25, 0.3) is 5.91 Å². The van der Waals surface area contributed by atoms with E-state index in [1.54, 1.807) is 31.4 Å². The van der Waals surface area contributed by atoms with Crippen molar-refractivity contribution in [3.63, 3.8) is 0 Å². The summed E-state index contributed by atoms with van der Waals surface area (Å²) in [5.41, 5.74) is 1.53. The van der Waals surface area contributed by atoms with Gasteiger partial charge < -0.3 is 14.2 Å². The number of halogens is 1. The van der Waals surface area contributed by atoms with Crippen LogP contribution >= 0.6 is 35.6 Å². The number of ether oxygens (including phenoxy) is 3. The molecule has 0 atom stereocenters. The highest BCUT2D eigenvalue weighted by Crippen LogP contribution is 2.36. The SMILES string of the molecule is COc1ccccc1OCCOc1cccc(C=C2SC(=S)N(c3ccc(Cl)cc3)C2=O)c1. The van der Waals surface area contributed by atoms with Crippen molar-refractivity contribution in [3.05, 3.63) is 88.3 Å². The Kier molecular flexibility index (Phi) is 7.54. The number of hydrogen-bond donors (Lipinski definition) is 0. The second-order valence-electron chi connectivity index (χ2n) is 6.91. The summed E-state index contributed by atoms with van der Waals surface area (Å²) in [6.07, 6.45) is 1.81. The van der Waals surface area contributed by atoms with Crippen LogP contribution in [0.3, 0.4) is 0 Å². The Bertz CT molecular complexity index is 1200. The van der Waals surface area contributed by atoms with Crippen LogP contribution in [0, 0.1) is 0 Å². The van der Waals surface area contributed by atoms with E-state index in [2.05, 4.69) is 0 Å². The summed E-state index contributed by atoms with van der Waals surface area (Å²) in [4.78, 5) is 15.0. The van der Waals surface area contributed by atoms with Gasteiger partial charge in [-0.15, -0.1) is 0 Å². The number of rotatable bonds is 8. The summed E-state index contributed by atoms with van der Waals surface area (Å²) in [5, 5.41) is 0.602. The predicted octanol–water partition coefficient (Wildman–Crippen LogP) is 6.21. The molecule has 1 aliphatic rings. The summed E-state index contributed by atoms with van der Waals surface area (Å²) in [6, 6.07) is 22.0. The second kappa shape index (κ2) is 10.7. The third-order valence-electron chi connectivity index (χ3n) is 4.71. The molecule has 3 aromatic carbocycles. The first-order chi connectivity index (χ1) is 16.0. The van der Waals surface area contributed by atoms with E-state index in [1.807, 2.05) is 54.6 Å². The number of benzene rings is 3. The molecule has 0 bridgehead atoms. The zero-order valence-corrected chi connectivity index (χ0v) is 20.1. The minimum absolute atomic E-state index is 0.163. The van der Waals surface area contributed by atoms with Crippen molar-refractivity contribution in [3.8, 4) is 17.2 Å². The van der Waals surface area contributed by atoms with Crippen LogP contribution in [-0.2, 0) is 4.79 Å². The van der Waals surface area contributed by atoms with Gasteiger partial charge in [-0.2, -0.15) is 0 Å². The molecule has 8 heteroatoms. The molecule has 0 spiro atoms. The van der Waals surface area contributed by atoms with E-state index < -0.39 is 0 Å². The van der Waals surface area contributed by atoms with Gasteiger partial charge in [0.2, 0.25) is 0 Å². The lowest BCUT2D eigenvalue weighted by Crippen LogP contribution is -2.27. The zero-order chi connectivity index (χ0) is 23.2. The van der Waals surface area contributed by atoms with Gasteiger partial charge in [-0.25, -0.2) is 0 Å². The van der Waals surface area contributed by atoms with Gasteiger partial charge in [-0.3, -0.25) is 9.69 Å². The number of thioether (sulfide) groups is 1. The maximum Gasteiger partial charge on any atom is 0.270 e. The molecule has 0 unspecified atom stereocenters. The van der Waals surface area contributed by atoms with Crippen LogP contribution in [0.25, 0.3) is 6.08 Å². The van der Waals surface area contributed by atoms with Crippen molar-refractivity contribution in [1.29, 1.82) is 0 Å². The minimum atomic E-state index is -0.163. The quantitative estimate of drug-likeness (QED) is 0.209. The van der Waals surface area contributed by atoms with E-state index in [0.29, 0.717) is 50.4 Å². The molecule has 0 aliphatic carbocycles. The van der Waals surface area contributed by atoms with E-state index in [0.717, 1.165) is 5.56 Å². The molecule has 5 nitrogen and oxygen atoms in total. The Hall–Kier alpha value is -3.00. The van der Waals surface area contributed by atoms with Crippen molar-refractivity contribution in [2.75, 3.05) is 25.2 Å². The fourth-order valence-corrected chi connectivity index (χ4v) is 4.60. The smallest absolute Gasteiger partial charge is 0.270 e. The Morgan fingerprint density at radius 2 is 1.70 bits per heavy atom. The fourth-order valence-electron chi connectivity index (χ4n) is 3.18. The van der Waals surface area contributed by atoms with E-state index >= 15 is 0 Å². The van der Waals surface area contributed by atoms with Crippen molar-refractivity contribution in [1.82, 2.24) is 0 Å². The highest BCUT2D eigenvalue weighted by atomic mass is 35.5. The first-order valence-corrected chi connectivity index (χ1v) is 11.7. The van der Waals surface area contributed by atoms with Crippen LogP contribution in [0.4, 0.5) is 5.69 Å². The lowest BCUT2D eigenvalue weighted by atomic mass is 10.2. The zero-order valence-electron chi connectivity index (χ0n) is 17.7. The van der Waals surface area contributed by atoms with E-state index in [4.69, 9.17) is 38.0 Å². The van der Waals surface area contributed by atoms with E-state index in [1.165, 1.54) is 16.7 Å². The topological polar surface area (TPSA) is 48.0 Å². The number of nitrogens with zero attached hydrogens (tertiary/aromatic N) is 1. The fraction of sp³-hybridized carbons (Fsp3) is 0.120. The number of methoxy groups -OCH3 is 1.